The number of esters is 1. The van der Waals surface area contributed by atoms with Crippen molar-refractivity contribution in [2.24, 2.45) is 0 Å². The summed E-state index contributed by atoms with van der Waals surface area (Å²) in [5, 5.41) is 21.9. The van der Waals surface area contributed by atoms with Crippen LogP contribution < -0.4 is 9.64 Å². The SMILES string of the molecule is CC(C)(C)OC(=O)Cn1nnc(-c2nnc(N3CCC4(CC3)CC(=O)c3ccccc3O4)s2)n1. The van der Waals surface area contributed by atoms with Gasteiger partial charge in [0.1, 0.15) is 17.0 Å². The molecule has 0 amide bonds. The zero-order valence-corrected chi connectivity index (χ0v) is 20.0. The highest BCUT2D eigenvalue weighted by Gasteiger charge is 2.43. The van der Waals surface area contributed by atoms with Gasteiger partial charge in [-0.3, -0.25) is 4.79 Å². The third-order valence-corrected chi connectivity index (χ3v) is 6.67. The fourth-order valence-corrected chi connectivity index (χ4v) is 4.97. The first-order chi connectivity index (χ1) is 16.2. The third-order valence-electron chi connectivity index (χ3n) is 5.69. The summed E-state index contributed by atoms with van der Waals surface area (Å²) in [5.41, 5.74) is -0.390. The Morgan fingerprint density at radius 3 is 2.71 bits per heavy atom. The van der Waals surface area contributed by atoms with E-state index < -0.39 is 17.2 Å². The van der Waals surface area contributed by atoms with E-state index in [1.165, 1.54) is 16.1 Å². The monoisotopic (exact) mass is 483 g/mol. The lowest BCUT2D eigenvalue weighted by Gasteiger charge is -2.43. The molecule has 0 radical (unpaired) electrons. The van der Waals surface area contributed by atoms with Crippen molar-refractivity contribution < 1.29 is 19.1 Å². The van der Waals surface area contributed by atoms with Crippen LogP contribution in [0.4, 0.5) is 5.13 Å². The Labute approximate surface area is 200 Å². The summed E-state index contributed by atoms with van der Waals surface area (Å²) in [7, 11) is 0. The number of hydrogen-bond donors (Lipinski definition) is 0. The minimum atomic E-state index is -0.582. The summed E-state index contributed by atoms with van der Waals surface area (Å²) in [6.07, 6.45) is 1.82. The topological polar surface area (TPSA) is 125 Å². The van der Waals surface area contributed by atoms with Crippen molar-refractivity contribution >= 4 is 28.2 Å². The molecule has 2 aliphatic heterocycles. The molecule has 5 rings (SSSR count). The molecule has 2 aliphatic rings. The van der Waals surface area contributed by atoms with Gasteiger partial charge in [0.05, 0.1) is 12.0 Å². The number of para-hydroxylation sites is 1. The van der Waals surface area contributed by atoms with Crippen LogP contribution in [0.2, 0.25) is 0 Å². The minimum Gasteiger partial charge on any atom is -0.486 e. The lowest BCUT2D eigenvalue weighted by Crippen LogP contribution is -2.51. The second kappa shape index (κ2) is 8.42. The molecule has 2 aromatic heterocycles. The number of carbonyl (C=O) groups is 2. The first kappa shape index (κ1) is 22.4. The molecule has 1 saturated heterocycles. The van der Waals surface area contributed by atoms with Crippen molar-refractivity contribution in [3.05, 3.63) is 29.8 Å². The molecule has 1 spiro atoms. The van der Waals surface area contributed by atoms with Crippen LogP contribution in [0.5, 0.6) is 5.75 Å². The molecule has 0 N–H and O–H groups in total. The van der Waals surface area contributed by atoms with Gasteiger partial charge in [-0.25, -0.2) is 4.79 Å². The molecular formula is C22H25N7O4S. The van der Waals surface area contributed by atoms with Gasteiger partial charge in [0, 0.05) is 25.9 Å². The number of ether oxygens (including phenoxy) is 2. The molecule has 1 aromatic carbocycles. The first-order valence-corrected chi connectivity index (χ1v) is 11.9. The number of benzene rings is 1. The number of aromatic nitrogens is 6. The minimum absolute atomic E-state index is 0.133. The predicted molar refractivity (Wildman–Crippen MR) is 123 cm³/mol. The molecule has 11 nitrogen and oxygen atoms in total. The second-order valence-corrected chi connectivity index (χ2v) is 10.4. The van der Waals surface area contributed by atoms with Crippen LogP contribution in [0.15, 0.2) is 24.3 Å². The number of rotatable bonds is 4. The van der Waals surface area contributed by atoms with E-state index in [0.717, 1.165) is 5.13 Å². The van der Waals surface area contributed by atoms with E-state index >= 15 is 0 Å². The van der Waals surface area contributed by atoms with Crippen molar-refractivity contribution in [3.63, 3.8) is 0 Å². The van der Waals surface area contributed by atoms with Crippen molar-refractivity contribution in [1.82, 2.24) is 30.4 Å². The van der Waals surface area contributed by atoms with Crippen LogP contribution >= 0.6 is 11.3 Å². The van der Waals surface area contributed by atoms with Gasteiger partial charge in [0.15, 0.2) is 17.3 Å². The Balaban J connectivity index is 1.22. The van der Waals surface area contributed by atoms with E-state index in [2.05, 4.69) is 30.5 Å². The highest BCUT2D eigenvalue weighted by atomic mass is 32.1. The summed E-state index contributed by atoms with van der Waals surface area (Å²) in [6.45, 7) is 6.66. The molecule has 178 valence electrons. The van der Waals surface area contributed by atoms with E-state index in [1.54, 1.807) is 20.8 Å². The van der Waals surface area contributed by atoms with Gasteiger partial charge in [0.25, 0.3) is 0 Å². The average molecular weight is 484 g/mol. The molecule has 0 bridgehead atoms. The van der Waals surface area contributed by atoms with Crippen molar-refractivity contribution in [1.29, 1.82) is 0 Å². The highest BCUT2D eigenvalue weighted by molar-refractivity contribution is 7.18. The van der Waals surface area contributed by atoms with E-state index in [-0.39, 0.29) is 12.3 Å². The number of piperidine rings is 1. The quantitative estimate of drug-likeness (QED) is 0.511. The van der Waals surface area contributed by atoms with Gasteiger partial charge in [-0.15, -0.1) is 20.4 Å². The standard InChI is InChI=1S/C22H25N7O4S/c1-21(2,3)33-17(31)13-29-26-18(23-27-29)19-24-25-20(34-19)28-10-8-22(9-11-28)12-15(30)14-6-4-5-7-16(14)32-22/h4-7H,8-13H2,1-3H3. The fraction of sp³-hybridized carbons (Fsp3) is 0.500. The summed E-state index contributed by atoms with van der Waals surface area (Å²) >= 11 is 1.36. The highest BCUT2D eigenvalue weighted by Crippen LogP contribution is 2.40. The van der Waals surface area contributed by atoms with Crippen LogP contribution in [0.1, 0.15) is 50.4 Å². The first-order valence-electron chi connectivity index (χ1n) is 11.1. The normalized spacial score (nSPS) is 17.4. The Hall–Kier alpha value is -3.41. The molecule has 0 saturated carbocycles. The van der Waals surface area contributed by atoms with Crippen LogP contribution in [-0.4, -0.2) is 66.4 Å². The van der Waals surface area contributed by atoms with Crippen molar-refractivity contribution in [2.75, 3.05) is 18.0 Å². The summed E-state index contributed by atoms with van der Waals surface area (Å²) in [5.74, 6) is 0.668. The Morgan fingerprint density at radius 1 is 1.18 bits per heavy atom. The number of carbonyl (C=O) groups excluding carboxylic acids is 2. The molecule has 4 heterocycles. The lowest BCUT2D eigenvalue weighted by atomic mass is 9.82. The Kier molecular flexibility index (Phi) is 5.54. The summed E-state index contributed by atoms with van der Waals surface area (Å²) < 4.78 is 11.6. The van der Waals surface area contributed by atoms with Gasteiger partial charge in [-0.2, -0.15) is 4.80 Å². The summed E-state index contributed by atoms with van der Waals surface area (Å²) in [4.78, 5) is 27.9. The molecule has 1 fully saturated rings. The number of hydrogen-bond acceptors (Lipinski definition) is 11. The van der Waals surface area contributed by atoms with E-state index in [1.807, 2.05) is 24.3 Å². The van der Waals surface area contributed by atoms with E-state index in [9.17, 15) is 9.59 Å². The predicted octanol–water partition coefficient (Wildman–Crippen LogP) is 2.54. The second-order valence-electron chi connectivity index (χ2n) is 9.49. The molecule has 12 heteroatoms. The number of anilines is 1. The van der Waals surface area contributed by atoms with Gasteiger partial charge in [0.2, 0.25) is 11.0 Å². The van der Waals surface area contributed by atoms with Crippen molar-refractivity contribution in [2.45, 2.75) is 57.8 Å². The van der Waals surface area contributed by atoms with Crippen LogP contribution in [0.25, 0.3) is 10.8 Å². The summed E-state index contributed by atoms with van der Waals surface area (Å²) in [6, 6.07) is 7.43. The number of nitrogens with zero attached hydrogens (tertiary/aromatic N) is 7. The molecule has 0 aliphatic carbocycles. The maximum atomic E-state index is 12.6. The zero-order chi connectivity index (χ0) is 23.9. The average Bonchev–Trinajstić information content (AvgIpc) is 3.43. The Morgan fingerprint density at radius 2 is 1.94 bits per heavy atom. The third kappa shape index (κ3) is 4.63. The van der Waals surface area contributed by atoms with Crippen LogP contribution in [-0.2, 0) is 16.1 Å². The maximum absolute atomic E-state index is 12.6. The van der Waals surface area contributed by atoms with Crippen LogP contribution in [0, 0.1) is 0 Å². The van der Waals surface area contributed by atoms with E-state index in [0.29, 0.717) is 54.5 Å². The maximum Gasteiger partial charge on any atom is 0.330 e. The fourth-order valence-electron chi connectivity index (χ4n) is 4.15. The Bertz CT molecular complexity index is 1220. The lowest BCUT2D eigenvalue weighted by molar-refractivity contribution is -0.156. The molecule has 0 atom stereocenters. The molecule has 34 heavy (non-hydrogen) atoms. The smallest absolute Gasteiger partial charge is 0.330 e. The molecule has 0 unspecified atom stereocenters. The van der Waals surface area contributed by atoms with Crippen molar-refractivity contribution in [3.8, 4) is 16.6 Å². The van der Waals surface area contributed by atoms with Gasteiger partial charge in [-0.1, -0.05) is 23.5 Å². The zero-order valence-electron chi connectivity index (χ0n) is 19.2. The van der Waals surface area contributed by atoms with Gasteiger partial charge >= 0.3 is 5.97 Å². The molecular weight excluding hydrogens is 458 g/mol. The number of Topliss-reactive ketones (excluding diaryl/α,β-unsaturated/α-hetero) is 1. The van der Waals surface area contributed by atoms with E-state index in [4.69, 9.17) is 9.47 Å². The number of tetrazole rings is 1. The molecule has 3 aromatic rings. The van der Waals surface area contributed by atoms with Crippen LogP contribution in [0.3, 0.4) is 0 Å². The van der Waals surface area contributed by atoms with Gasteiger partial charge < -0.3 is 14.4 Å². The largest absolute Gasteiger partial charge is 0.486 e. The van der Waals surface area contributed by atoms with Gasteiger partial charge in [-0.05, 0) is 38.1 Å². The number of ketones is 1. The number of fused-ring (bicyclic) bond motifs is 1.